The summed E-state index contributed by atoms with van der Waals surface area (Å²) in [5, 5.41) is 0. The first kappa shape index (κ1) is 10.1. The number of hydrogen-bond donors (Lipinski definition) is 0. The van der Waals surface area contributed by atoms with Crippen LogP contribution in [0, 0.1) is 24.4 Å². The van der Waals surface area contributed by atoms with Gasteiger partial charge >= 0.3 is 0 Å². The summed E-state index contributed by atoms with van der Waals surface area (Å²) in [5.41, 5.74) is 0.311. The maximum absolute atomic E-state index is 13.2. The van der Waals surface area contributed by atoms with Crippen LogP contribution in [-0.2, 0) is 0 Å². The largest absolute Gasteiger partial charge is 0.207 e. The molecule has 0 saturated carbocycles. The van der Waals surface area contributed by atoms with Crippen LogP contribution < -0.4 is 0 Å². The van der Waals surface area contributed by atoms with E-state index in [2.05, 4.69) is 0 Å². The molecule has 0 spiro atoms. The third kappa shape index (κ3) is 1.69. The summed E-state index contributed by atoms with van der Waals surface area (Å²) in [6.45, 7) is 4.85. The van der Waals surface area contributed by atoms with Crippen LogP contribution in [0.1, 0.15) is 30.9 Å². The molecule has 0 unspecified atom stereocenters. The summed E-state index contributed by atoms with van der Waals surface area (Å²) in [7, 11) is 0. The first-order chi connectivity index (χ1) is 5.95. The molecule has 0 N–H and O–H groups in total. The van der Waals surface area contributed by atoms with Crippen molar-refractivity contribution in [1.82, 2.24) is 0 Å². The van der Waals surface area contributed by atoms with Gasteiger partial charge in [0.15, 0.2) is 11.6 Å². The van der Waals surface area contributed by atoms with Gasteiger partial charge in [-0.25, -0.2) is 13.2 Å². The molecular weight excluding hydrogens is 177 g/mol. The SMILES string of the molecule is Cc1c(F)cc(F)c(F)c1C(C)C. The Morgan fingerprint density at radius 3 is 2.08 bits per heavy atom. The first-order valence-electron chi connectivity index (χ1n) is 4.09. The summed E-state index contributed by atoms with van der Waals surface area (Å²) in [6.07, 6.45) is 0. The van der Waals surface area contributed by atoms with Gasteiger partial charge in [-0.05, 0) is 24.0 Å². The Morgan fingerprint density at radius 1 is 1.08 bits per heavy atom. The van der Waals surface area contributed by atoms with Gasteiger partial charge < -0.3 is 0 Å². The zero-order valence-corrected chi connectivity index (χ0v) is 7.79. The second-order valence-electron chi connectivity index (χ2n) is 3.35. The molecule has 0 fully saturated rings. The van der Waals surface area contributed by atoms with Gasteiger partial charge in [0.1, 0.15) is 5.82 Å². The van der Waals surface area contributed by atoms with Crippen molar-refractivity contribution >= 4 is 0 Å². The highest BCUT2D eigenvalue weighted by Crippen LogP contribution is 2.26. The normalized spacial score (nSPS) is 11.0. The molecule has 1 rings (SSSR count). The van der Waals surface area contributed by atoms with Gasteiger partial charge in [-0.15, -0.1) is 0 Å². The lowest BCUT2D eigenvalue weighted by Gasteiger charge is -2.11. The lowest BCUT2D eigenvalue weighted by Crippen LogP contribution is -2.03. The predicted octanol–water partition coefficient (Wildman–Crippen LogP) is 3.54. The number of halogens is 3. The average molecular weight is 188 g/mol. The van der Waals surface area contributed by atoms with Gasteiger partial charge in [-0.1, -0.05) is 13.8 Å². The lowest BCUT2D eigenvalue weighted by atomic mass is 9.97. The van der Waals surface area contributed by atoms with E-state index < -0.39 is 17.5 Å². The van der Waals surface area contributed by atoms with Crippen LogP contribution in [0.15, 0.2) is 6.07 Å². The van der Waals surface area contributed by atoms with E-state index in [9.17, 15) is 13.2 Å². The maximum atomic E-state index is 13.2. The van der Waals surface area contributed by atoms with Crippen molar-refractivity contribution in [2.75, 3.05) is 0 Å². The van der Waals surface area contributed by atoms with Gasteiger partial charge in [0.05, 0.1) is 0 Å². The third-order valence-electron chi connectivity index (χ3n) is 2.04. The second kappa shape index (κ2) is 3.40. The molecule has 0 bridgehead atoms. The van der Waals surface area contributed by atoms with Crippen LogP contribution in [0.5, 0.6) is 0 Å². The van der Waals surface area contributed by atoms with E-state index in [0.29, 0.717) is 6.07 Å². The molecular formula is C10H11F3. The Kier molecular flexibility index (Phi) is 2.64. The van der Waals surface area contributed by atoms with E-state index in [1.165, 1.54) is 6.92 Å². The number of rotatable bonds is 1. The Balaban J connectivity index is 3.46. The molecule has 1 aromatic carbocycles. The summed E-state index contributed by atoms with van der Waals surface area (Å²) in [6, 6.07) is 0.580. The maximum Gasteiger partial charge on any atom is 0.162 e. The molecule has 0 aromatic heterocycles. The summed E-state index contributed by atoms with van der Waals surface area (Å²) < 4.78 is 38.9. The minimum Gasteiger partial charge on any atom is -0.207 e. The van der Waals surface area contributed by atoms with Gasteiger partial charge in [0.2, 0.25) is 0 Å². The van der Waals surface area contributed by atoms with E-state index in [1.54, 1.807) is 13.8 Å². The van der Waals surface area contributed by atoms with Crippen molar-refractivity contribution in [3.05, 3.63) is 34.6 Å². The Hall–Kier alpha value is -0.990. The van der Waals surface area contributed by atoms with E-state index in [4.69, 9.17) is 0 Å². The standard InChI is InChI=1S/C10H11F3/c1-5(2)9-6(3)7(11)4-8(12)10(9)13/h4-5H,1-3H3. The van der Waals surface area contributed by atoms with E-state index in [1.807, 2.05) is 0 Å². The van der Waals surface area contributed by atoms with Crippen LogP contribution >= 0.6 is 0 Å². The fourth-order valence-corrected chi connectivity index (χ4v) is 1.39. The molecule has 0 saturated heterocycles. The van der Waals surface area contributed by atoms with Crippen LogP contribution in [0.3, 0.4) is 0 Å². The van der Waals surface area contributed by atoms with Crippen LogP contribution in [0.25, 0.3) is 0 Å². The van der Waals surface area contributed by atoms with E-state index >= 15 is 0 Å². The highest BCUT2D eigenvalue weighted by Gasteiger charge is 2.17. The van der Waals surface area contributed by atoms with Gasteiger partial charge in [-0.3, -0.25) is 0 Å². The summed E-state index contributed by atoms with van der Waals surface area (Å²) >= 11 is 0. The molecule has 13 heavy (non-hydrogen) atoms. The molecule has 0 aliphatic heterocycles. The Labute approximate surface area is 75.4 Å². The van der Waals surface area contributed by atoms with Crippen molar-refractivity contribution in [1.29, 1.82) is 0 Å². The van der Waals surface area contributed by atoms with Crippen LogP contribution in [0.2, 0.25) is 0 Å². The molecule has 0 radical (unpaired) electrons. The zero-order chi connectivity index (χ0) is 10.2. The molecule has 0 amide bonds. The molecule has 0 aliphatic carbocycles. The molecule has 0 aliphatic rings. The van der Waals surface area contributed by atoms with Gasteiger partial charge in [-0.2, -0.15) is 0 Å². The minimum absolute atomic E-state index is 0.123. The Bertz CT molecular complexity index is 303. The van der Waals surface area contributed by atoms with E-state index in [0.717, 1.165) is 0 Å². The van der Waals surface area contributed by atoms with Crippen molar-refractivity contribution in [3.63, 3.8) is 0 Å². The minimum atomic E-state index is -1.12. The first-order valence-corrected chi connectivity index (χ1v) is 4.09. The predicted molar refractivity (Wildman–Crippen MR) is 45.1 cm³/mol. The quantitative estimate of drug-likeness (QED) is 0.591. The summed E-state index contributed by atoms with van der Waals surface area (Å²) in [4.78, 5) is 0. The average Bonchev–Trinajstić information content (AvgIpc) is 2.01. The zero-order valence-electron chi connectivity index (χ0n) is 7.79. The lowest BCUT2D eigenvalue weighted by molar-refractivity contribution is 0.476. The number of hydrogen-bond acceptors (Lipinski definition) is 0. The molecule has 0 atom stereocenters. The molecule has 0 heterocycles. The highest BCUT2D eigenvalue weighted by molar-refractivity contribution is 5.32. The molecule has 1 aromatic rings. The molecule has 72 valence electrons. The highest BCUT2D eigenvalue weighted by atomic mass is 19.2. The van der Waals surface area contributed by atoms with Crippen molar-refractivity contribution in [2.45, 2.75) is 26.7 Å². The third-order valence-corrected chi connectivity index (χ3v) is 2.04. The molecule has 3 heteroatoms. The van der Waals surface area contributed by atoms with Crippen LogP contribution in [0.4, 0.5) is 13.2 Å². The van der Waals surface area contributed by atoms with Crippen molar-refractivity contribution in [2.24, 2.45) is 0 Å². The smallest absolute Gasteiger partial charge is 0.162 e. The molecule has 0 nitrogen and oxygen atoms in total. The Morgan fingerprint density at radius 2 is 1.62 bits per heavy atom. The second-order valence-corrected chi connectivity index (χ2v) is 3.35. The fraction of sp³-hybridized carbons (Fsp3) is 0.400. The topological polar surface area (TPSA) is 0 Å². The van der Waals surface area contributed by atoms with Gasteiger partial charge in [0, 0.05) is 6.07 Å². The van der Waals surface area contributed by atoms with Crippen LogP contribution in [-0.4, -0.2) is 0 Å². The van der Waals surface area contributed by atoms with E-state index in [-0.39, 0.29) is 17.0 Å². The number of benzene rings is 1. The van der Waals surface area contributed by atoms with Crippen molar-refractivity contribution < 1.29 is 13.2 Å². The monoisotopic (exact) mass is 188 g/mol. The summed E-state index contributed by atoms with van der Waals surface area (Å²) in [5.74, 6) is -2.96. The fourth-order valence-electron chi connectivity index (χ4n) is 1.39. The van der Waals surface area contributed by atoms with Gasteiger partial charge in [0.25, 0.3) is 0 Å². The van der Waals surface area contributed by atoms with Crippen molar-refractivity contribution in [3.8, 4) is 0 Å².